The summed E-state index contributed by atoms with van der Waals surface area (Å²) in [5.74, 6) is -0.161. The minimum atomic E-state index is -0.555. The quantitative estimate of drug-likeness (QED) is 0.444. The van der Waals surface area contributed by atoms with Gasteiger partial charge in [0.2, 0.25) is 5.95 Å². The molecule has 4 nitrogen and oxygen atoms in total. The summed E-state index contributed by atoms with van der Waals surface area (Å²) in [7, 11) is 0. The molecule has 0 bridgehead atoms. The Labute approximate surface area is 166 Å². The molecule has 1 aliphatic rings. The third kappa shape index (κ3) is 4.17. The smallest absolute Gasteiger partial charge is 0.265 e. The Morgan fingerprint density at radius 1 is 1.18 bits per heavy atom. The van der Waals surface area contributed by atoms with E-state index in [1.807, 2.05) is 19.1 Å². The van der Waals surface area contributed by atoms with Crippen LogP contribution >= 0.6 is 11.3 Å². The first-order chi connectivity index (χ1) is 13.5. The van der Waals surface area contributed by atoms with E-state index in [-0.39, 0.29) is 11.7 Å². The van der Waals surface area contributed by atoms with Gasteiger partial charge in [0.25, 0.3) is 5.91 Å². The van der Waals surface area contributed by atoms with E-state index >= 15 is 0 Å². The maximum atomic E-state index is 13.3. The van der Waals surface area contributed by atoms with Gasteiger partial charge in [-0.05, 0) is 61.1 Å². The molecule has 2 aromatic heterocycles. The van der Waals surface area contributed by atoms with E-state index in [9.17, 15) is 14.0 Å². The van der Waals surface area contributed by atoms with E-state index < -0.39 is 5.95 Å². The standard InChI is InChI=1S/C22H19FN2O2S/c1-13-2-5-15(18(26)10-14-3-4-14)11-17(13)25-22(27)20-7-6-19(28-20)16-8-9-24-21(23)12-16/h2,5-9,11-12,14H,3-4,10H2,1H3,(H,25,27). The Kier molecular flexibility index (Phi) is 5.05. The second-order valence-corrected chi connectivity index (χ2v) is 8.17. The van der Waals surface area contributed by atoms with Crippen molar-refractivity contribution in [1.82, 2.24) is 4.98 Å². The lowest BCUT2D eigenvalue weighted by Crippen LogP contribution is -2.12. The van der Waals surface area contributed by atoms with E-state index in [4.69, 9.17) is 0 Å². The average molecular weight is 394 g/mol. The highest BCUT2D eigenvalue weighted by Gasteiger charge is 2.25. The molecule has 0 spiro atoms. The number of carbonyl (C=O) groups is 2. The van der Waals surface area contributed by atoms with Crippen LogP contribution in [-0.4, -0.2) is 16.7 Å². The number of Topliss-reactive ketones (excluding diaryl/α,β-unsaturated/α-hetero) is 1. The van der Waals surface area contributed by atoms with Gasteiger partial charge in [-0.25, -0.2) is 4.98 Å². The molecular formula is C22H19FN2O2S. The van der Waals surface area contributed by atoms with Gasteiger partial charge in [-0.1, -0.05) is 12.1 Å². The Balaban J connectivity index is 1.51. The minimum Gasteiger partial charge on any atom is -0.321 e. The summed E-state index contributed by atoms with van der Waals surface area (Å²) in [5.41, 5.74) is 2.84. The summed E-state index contributed by atoms with van der Waals surface area (Å²) in [4.78, 5) is 29.9. The van der Waals surface area contributed by atoms with Crippen LogP contribution in [0.3, 0.4) is 0 Å². The molecule has 1 aromatic carbocycles. The van der Waals surface area contributed by atoms with E-state index in [0.717, 1.165) is 23.3 Å². The number of rotatable bonds is 6. The van der Waals surface area contributed by atoms with Crippen molar-refractivity contribution in [3.05, 3.63) is 70.6 Å². The number of benzene rings is 1. The number of nitrogens with one attached hydrogen (secondary N) is 1. The molecule has 3 aromatic rings. The maximum absolute atomic E-state index is 13.3. The minimum absolute atomic E-state index is 0.121. The van der Waals surface area contributed by atoms with Crippen LogP contribution in [0.4, 0.5) is 10.1 Å². The maximum Gasteiger partial charge on any atom is 0.265 e. The molecular weight excluding hydrogens is 375 g/mol. The van der Waals surface area contributed by atoms with Gasteiger partial charge in [-0.3, -0.25) is 9.59 Å². The molecule has 1 amide bonds. The van der Waals surface area contributed by atoms with Crippen LogP contribution < -0.4 is 5.32 Å². The van der Waals surface area contributed by atoms with Gasteiger partial charge in [0.05, 0.1) is 4.88 Å². The first-order valence-corrected chi connectivity index (χ1v) is 9.98. The van der Waals surface area contributed by atoms with Crippen LogP contribution in [0.15, 0.2) is 48.7 Å². The van der Waals surface area contributed by atoms with Crippen molar-refractivity contribution >= 4 is 28.7 Å². The first-order valence-electron chi connectivity index (χ1n) is 9.16. The fraction of sp³-hybridized carbons (Fsp3) is 0.227. The number of aromatic nitrogens is 1. The number of ketones is 1. The number of nitrogens with zero attached hydrogens (tertiary/aromatic N) is 1. The number of thiophene rings is 1. The summed E-state index contributed by atoms with van der Waals surface area (Å²) >= 11 is 1.28. The van der Waals surface area contributed by atoms with Gasteiger partial charge in [-0.15, -0.1) is 11.3 Å². The number of halogens is 1. The fourth-order valence-electron chi connectivity index (χ4n) is 2.99. The molecule has 1 N–H and O–H groups in total. The summed E-state index contributed by atoms with van der Waals surface area (Å²) in [5, 5.41) is 2.90. The van der Waals surface area contributed by atoms with Crippen molar-refractivity contribution in [1.29, 1.82) is 0 Å². The molecule has 0 atom stereocenters. The Morgan fingerprint density at radius 3 is 2.75 bits per heavy atom. The highest BCUT2D eigenvalue weighted by Crippen LogP contribution is 2.34. The molecule has 6 heteroatoms. The molecule has 142 valence electrons. The van der Waals surface area contributed by atoms with Gasteiger partial charge >= 0.3 is 0 Å². The zero-order chi connectivity index (χ0) is 19.7. The lowest BCUT2D eigenvalue weighted by atomic mass is 10.0. The molecule has 0 radical (unpaired) electrons. The summed E-state index contributed by atoms with van der Waals surface area (Å²) in [6.07, 6.45) is 4.23. The van der Waals surface area contributed by atoms with Gasteiger partial charge in [0.1, 0.15) is 0 Å². The van der Waals surface area contributed by atoms with Crippen LogP contribution in [0.5, 0.6) is 0 Å². The largest absolute Gasteiger partial charge is 0.321 e. The molecule has 1 aliphatic carbocycles. The van der Waals surface area contributed by atoms with Gasteiger partial charge < -0.3 is 5.32 Å². The van der Waals surface area contributed by atoms with Crippen LogP contribution in [-0.2, 0) is 0 Å². The first kappa shape index (κ1) is 18.5. The number of hydrogen-bond acceptors (Lipinski definition) is 4. The number of carbonyl (C=O) groups excluding carboxylic acids is 2. The summed E-state index contributed by atoms with van der Waals surface area (Å²) in [6, 6.07) is 12.0. The Hall–Kier alpha value is -2.86. The Morgan fingerprint density at radius 2 is 2.00 bits per heavy atom. The highest BCUT2D eigenvalue weighted by atomic mass is 32.1. The molecule has 1 fully saturated rings. The van der Waals surface area contributed by atoms with Gasteiger partial charge in [-0.2, -0.15) is 4.39 Å². The molecule has 4 rings (SSSR count). The topological polar surface area (TPSA) is 59.1 Å². The second kappa shape index (κ2) is 7.64. The normalized spacial score (nSPS) is 13.4. The van der Waals surface area contributed by atoms with Crippen molar-refractivity contribution in [2.75, 3.05) is 5.32 Å². The number of aryl methyl sites for hydroxylation is 1. The molecule has 2 heterocycles. The highest BCUT2D eigenvalue weighted by molar-refractivity contribution is 7.17. The molecule has 1 saturated carbocycles. The van der Waals surface area contributed by atoms with Crippen molar-refractivity contribution < 1.29 is 14.0 Å². The summed E-state index contributed by atoms with van der Waals surface area (Å²) in [6.45, 7) is 1.89. The third-order valence-electron chi connectivity index (χ3n) is 4.82. The van der Waals surface area contributed by atoms with E-state index in [2.05, 4.69) is 10.3 Å². The number of anilines is 1. The van der Waals surface area contributed by atoms with Crippen LogP contribution in [0.2, 0.25) is 0 Å². The van der Waals surface area contributed by atoms with Crippen molar-refractivity contribution in [2.24, 2.45) is 5.92 Å². The van der Waals surface area contributed by atoms with Crippen molar-refractivity contribution in [3.63, 3.8) is 0 Å². The molecule has 28 heavy (non-hydrogen) atoms. The average Bonchev–Trinajstić information content (AvgIpc) is 3.34. The number of hydrogen-bond donors (Lipinski definition) is 1. The lowest BCUT2D eigenvalue weighted by Gasteiger charge is -2.10. The molecule has 0 unspecified atom stereocenters. The third-order valence-corrected chi connectivity index (χ3v) is 5.95. The number of amides is 1. The van der Waals surface area contributed by atoms with Gasteiger partial charge in [0.15, 0.2) is 5.78 Å². The lowest BCUT2D eigenvalue weighted by molar-refractivity contribution is 0.0974. The van der Waals surface area contributed by atoms with Gasteiger partial charge in [0, 0.05) is 34.8 Å². The predicted octanol–water partition coefficient (Wildman–Crippen LogP) is 5.49. The Bertz CT molecular complexity index is 1060. The number of pyridine rings is 1. The molecule has 0 saturated heterocycles. The van der Waals surface area contributed by atoms with E-state index in [1.54, 1.807) is 24.3 Å². The SMILES string of the molecule is Cc1ccc(C(=O)CC2CC2)cc1NC(=O)c1ccc(-c2ccnc(F)c2)s1. The molecule has 0 aliphatic heterocycles. The van der Waals surface area contributed by atoms with E-state index in [1.165, 1.54) is 23.6 Å². The fourth-order valence-corrected chi connectivity index (χ4v) is 3.88. The van der Waals surface area contributed by atoms with Crippen LogP contribution in [0.1, 0.15) is 44.9 Å². The van der Waals surface area contributed by atoms with Crippen molar-refractivity contribution in [3.8, 4) is 10.4 Å². The van der Waals surface area contributed by atoms with Crippen LogP contribution in [0.25, 0.3) is 10.4 Å². The second-order valence-electron chi connectivity index (χ2n) is 7.09. The summed E-state index contributed by atoms with van der Waals surface area (Å²) < 4.78 is 13.3. The predicted molar refractivity (Wildman–Crippen MR) is 108 cm³/mol. The zero-order valence-electron chi connectivity index (χ0n) is 15.4. The van der Waals surface area contributed by atoms with Crippen LogP contribution in [0, 0.1) is 18.8 Å². The monoisotopic (exact) mass is 394 g/mol. The zero-order valence-corrected chi connectivity index (χ0v) is 16.2. The van der Waals surface area contributed by atoms with Crippen molar-refractivity contribution in [2.45, 2.75) is 26.2 Å². The van der Waals surface area contributed by atoms with E-state index in [0.29, 0.717) is 34.0 Å².